The number of benzene rings is 1. The van der Waals surface area contributed by atoms with Gasteiger partial charge in [-0.05, 0) is 48.4 Å². The first kappa shape index (κ1) is 18.4. The first-order valence-electron chi connectivity index (χ1n) is 10.3. The molecule has 1 saturated heterocycles. The third kappa shape index (κ3) is 3.32. The standard InChI is InChI=1S/C22H29N3O2S/c1-23-5-7-24(8-6-23)14-17-9-16-13-25-4-3-15-10-21(27-2)20(26)11-18(15)19(25)12-22(16)28-17/h9-11,19,26H,3-8,12-14H2,1-2H3/t19-/m0/s1. The molecule has 6 heteroatoms. The molecule has 1 aromatic heterocycles. The average Bonchev–Trinajstić information content (AvgIpc) is 3.08. The van der Waals surface area contributed by atoms with Crippen molar-refractivity contribution in [2.75, 3.05) is 46.9 Å². The quantitative estimate of drug-likeness (QED) is 0.859. The lowest BCUT2D eigenvalue weighted by Gasteiger charge is -2.40. The number of fused-ring (bicyclic) bond motifs is 4. The first-order valence-corrected chi connectivity index (χ1v) is 11.1. The molecule has 0 unspecified atom stereocenters. The predicted molar refractivity (Wildman–Crippen MR) is 112 cm³/mol. The van der Waals surface area contributed by atoms with Crippen molar-refractivity contribution in [3.05, 3.63) is 44.6 Å². The Morgan fingerprint density at radius 3 is 2.71 bits per heavy atom. The normalized spacial score (nSPS) is 23.1. The monoisotopic (exact) mass is 399 g/mol. The van der Waals surface area contributed by atoms with Gasteiger partial charge >= 0.3 is 0 Å². The lowest BCUT2D eigenvalue weighted by molar-refractivity contribution is 0.149. The second-order valence-electron chi connectivity index (χ2n) is 8.40. The van der Waals surface area contributed by atoms with Crippen molar-refractivity contribution < 1.29 is 9.84 Å². The molecule has 150 valence electrons. The fourth-order valence-corrected chi connectivity index (χ4v) is 6.16. The first-order chi connectivity index (χ1) is 13.6. The summed E-state index contributed by atoms with van der Waals surface area (Å²) in [6, 6.07) is 6.80. The maximum atomic E-state index is 10.3. The summed E-state index contributed by atoms with van der Waals surface area (Å²) >= 11 is 2.00. The second kappa shape index (κ2) is 7.34. The molecule has 1 fully saturated rings. The zero-order valence-electron chi connectivity index (χ0n) is 16.8. The smallest absolute Gasteiger partial charge is 0.160 e. The Hall–Kier alpha value is -1.60. The van der Waals surface area contributed by atoms with E-state index in [0.29, 0.717) is 11.8 Å². The Morgan fingerprint density at radius 2 is 1.93 bits per heavy atom. The number of piperazine rings is 1. The molecule has 0 saturated carbocycles. The van der Waals surface area contributed by atoms with Gasteiger partial charge in [-0.2, -0.15) is 0 Å². The number of thiophene rings is 1. The van der Waals surface area contributed by atoms with E-state index in [1.165, 1.54) is 52.6 Å². The summed E-state index contributed by atoms with van der Waals surface area (Å²) in [5.41, 5.74) is 4.13. The summed E-state index contributed by atoms with van der Waals surface area (Å²) in [5.74, 6) is 0.852. The van der Waals surface area contributed by atoms with Crippen LogP contribution in [0.2, 0.25) is 0 Å². The number of likely N-dealkylation sites (N-methyl/N-ethyl adjacent to an activating group) is 1. The number of nitrogens with zero attached hydrogens (tertiary/aromatic N) is 3. The molecule has 1 aromatic carbocycles. The van der Waals surface area contributed by atoms with Crippen molar-refractivity contribution in [2.45, 2.75) is 32.0 Å². The lowest BCUT2D eigenvalue weighted by atomic mass is 9.86. The summed E-state index contributed by atoms with van der Waals surface area (Å²) in [5, 5.41) is 10.3. The van der Waals surface area contributed by atoms with Gasteiger partial charge in [0.25, 0.3) is 0 Å². The summed E-state index contributed by atoms with van der Waals surface area (Å²) in [7, 11) is 3.83. The zero-order chi connectivity index (χ0) is 19.3. The number of phenols is 1. The molecule has 1 N–H and O–H groups in total. The van der Waals surface area contributed by atoms with Crippen molar-refractivity contribution in [1.29, 1.82) is 0 Å². The van der Waals surface area contributed by atoms with Crippen LogP contribution in [0.3, 0.4) is 0 Å². The summed E-state index contributed by atoms with van der Waals surface area (Å²) in [4.78, 5) is 10.6. The van der Waals surface area contributed by atoms with Gasteiger partial charge in [-0.25, -0.2) is 0 Å². The van der Waals surface area contributed by atoms with Gasteiger partial charge in [0.05, 0.1) is 7.11 Å². The molecule has 1 atom stereocenters. The van der Waals surface area contributed by atoms with Crippen LogP contribution in [0.15, 0.2) is 18.2 Å². The van der Waals surface area contributed by atoms with E-state index >= 15 is 0 Å². The van der Waals surface area contributed by atoms with E-state index < -0.39 is 0 Å². The van der Waals surface area contributed by atoms with Gasteiger partial charge in [-0.1, -0.05) is 0 Å². The highest BCUT2D eigenvalue weighted by atomic mass is 32.1. The average molecular weight is 400 g/mol. The molecule has 0 bridgehead atoms. The van der Waals surface area contributed by atoms with Crippen LogP contribution in [0, 0.1) is 0 Å². The van der Waals surface area contributed by atoms with Crippen LogP contribution >= 0.6 is 11.3 Å². The third-order valence-electron chi connectivity index (χ3n) is 6.58. The number of rotatable bonds is 3. The van der Waals surface area contributed by atoms with Crippen LogP contribution in [-0.4, -0.2) is 66.7 Å². The highest BCUT2D eigenvalue weighted by molar-refractivity contribution is 7.12. The van der Waals surface area contributed by atoms with Crippen LogP contribution in [0.25, 0.3) is 0 Å². The van der Waals surface area contributed by atoms with Crippen LogP contribution in [0.1, 0.15) is 32.5 Å². The number of ether oxygens (including phenoxy) is 1. The molecule has 28 heavy (non-hydrogen) atoms. The topological polar surface area (TPSA) is 39.2 Å². The Morgan fingerprint density at radius 1 is 1.11 bits per heavy atom. The molecule has 3 aliphatic rings. The maximum absolute atomic E-state index is 10.3. The Balaban J connectivity index is 1.36. The van der Waals surface area contributed by atoms with Crippen molar-refractivity contribution in [1.82, 2.24) is 14.7 Å². The minimum Gasteiger partial charge on any atom is -0.504 e. The Bertz CT molecular complexity index is 873. The Kier molecular flexibility index (Phi) is 4.83. The van der Waals surface area contributed by atoms with E-state index in [4.69, 9.17) is 4.74 Å². The van der Waals surface area contributed by atoms with E-state index in [9.17, 15) is 5.11 Å². The predicted octanol–water partition coefficient (Wildman–Crippen LogP) is 2.87. The molecule has 0 spiro atoms. The Labute approximate surface area is 171 Å². The molecule has 5 rings (SSSR count). The van der Waals surface area contributed by atoms with Gasteiger partial charge in [0.15, 0.2) is 11.5 Å². The summed E-state index contributed by atoms with van der Waals surface area (Å²) in [6.45, 7) is 7.88. The molecule has 0 aliphatic carbocycles. The van der Waals surface area contributed by atoms with Crippen molar-refractivity contribution in [3.8, 4) is 11.5 Å². The van der Waals surface area contributed by atoms with E-state index in [1.54, 1.807) is 7.11 Å². The molecular formula is C22H29N3O2S. The van der Waals surface area contributed by atoms with Crippen molar-refractivity contribution >= 4 is 11.3 Å². The molecule has 4 heterocycles. The van der Waals surface area contributed by atoms with Crippen molar-refractivity contribution in [2.24, 2.45) is 0 Å². The van der Waals surface area contributed by atoms with E-state index in [2.05, 4.69) is 27.8 Å². The van der Waals surface area contributed by atoms with Gasteiger partial charge in [0.1, 0.15) is 0 Å². The minimum atomic E-state index is 0.260. The molecule has 3 aliphatic heterocycles. The summed E-state index contributed by atoms with van der Waals surface area (Å²) < 4.78 is 5.32. The van der Waals surface area contributed by atoms with Crippen LogP contribution in [0.4, 0.5) is 0 Å². The van der Waals surface area contributed by atoms with Crippen LogP contribution < -0.4 is 4.74 Å². The molecule has 2 aromatic rings. The SMILES string of the molecule is COc1cc2c(cc1O)[C@@H]1Cc3sc(CN4CCN(C)CC4)cc3CN1CC2. The molecule has 0 amide bonds. The fourth-order valence-electron chi connectivity index (χ4n) is 4.90. The van der Waals surface area contributed by atoms with Gasteiger partial charge in [-0.3, -0.25) is 9.80 Å². The number of methoxy groups -OCH3 is 1. The van der Waals surface area contributed by atoms with Gasteiger partial charge in [-0.15, -0.1) is 11.3 Å². The van der Waals surface area contributed by atoms with Gasteiger partial charge in [0, 0.05) is 68.0 Å². The molecule has 5 nitrogen and oxygen atoms in total. The van der Waals surface area contributed by atoms with Gasteiger partial charge in [0.2, 0.25) is 0 Å². The maximum Gasteiger partial charge on any atom is 0.160 e. The minimum absolute atomic E-state index is 0.260. The number of phenolic OH excluding ortho intramolecular Hbond substituents is 1. The van der Waals surface area contributed by atoms with Gasteiger partial charge < -0.3 is 14.7 Å². The fraction of sp³-hybridized carbons (Fsp3) is 0.545. The number of hydrogen-bond acceptors (Lipinski definition) is 6. The zero-order valence-corrected chi connectivity index (χ0v) is 17.6. The van der Waals surface area contributed by atoms with E-state index in [-0.39, 0.29) is 5.75 Å². The third-order valence-corrected chi connectivity index (χ3v) is 7.77. The van der Waals surface area contributed by atoms with E-state index in [1.807, 2.05) is 23.5 Å². The van der Waals surface area contributed by atoms with E-state index in [0.717, 1.165) is 32.5 Å². The lowest BCUT2D eigenvalue weighted by Crippen LogP contribution is -2.43. The highest BCUT2D eigenvalue weighted by Gasteiger charge is 2.34. The highest BCUT2D eigenvalue weighted by Crippen LogP contribution is 2.43. The summed E-state index contributed by atoms with van der Waals surface area (Å²) in [6.07, 6.45) is 2.08. The molecular weight excluding hydrogens is 370 g/mol. The van der Waals surface area contributed by atoms with Crippen molar-refractivity contribution in [3.63, 3.8) is 0 Å². The number of hydrogen-bond donors (Lipinski definition) is 1. The van der Waals surface area contributed by atoms with Crippen LogP contribution in [-0.2, 0) is 25.9 Å². The largest absolute Gasteiger partial charge is 0.504 e. The number of aromatic hydroxyl groups is 1. The molecule has 0 radical (unpaired) electrons. The second-order valence-corrected chi connectivity index (χ2v) is 9.63. The van der Waals surface area contributed by atoms with Crippen LogP contribution in [0.5, 0.6) is 11.5 Å².